The Labute approximate surface area is 101 Å². The molecule has 0 saturated carbocycles. The van der Waals surface area contributed by atoms with Gasteiger partial charge in [0, 0.05) is 25.2 Å². The van der Waals surface area contributed by atoms with Crippen molar-refractivity contribution in [3.63, 3.8) is 0 Å². The summed E-state index contributed by atoms with van der Waals surface area (Å²) in [6.07, 6.45) is 7.53. The van der Waals surface area contributed by atoms with E-state index in [9.17, 15) is 4.79 Å². The number of carbonyl (C=O) groups excluding carboxylic acids is 1. The smallest absolute Gasteiger partial charge is 0.244 e. The number of hydrogen-bond acceptors (Lipinski definition) is 3. The summed E-state index contributed by atoms with van der Waals surface area (Å²) in [7, 11) is 1.87. The number of nitrogens with zero attached hydrogens (tertiary/aromatic N) is 3. The highest BCUT2D eigenvalue weighted by Gasteiger charge is 2.43. The van der Waals surface area contributed by atoms with Crippen LogP contribution in [0.5, 0.6) is 0 Å². The molecule has 4 nitrogen and oxygen atoms in total. The van der Waals surface area contributed by atoms with E-state index in [1.54, 1.807) is 23.3 Å². The molecule has 1 amide bonds. The molecule has 0 bridgehead atoms. The highest BCUT2D eigenvalue weighted by molar-refractivity contribution is 5.95. The van der Waals surface area contributed by atoms with Crippen LogP contribution in [0, 0.1) is 12.3 Å². The third kappa shape index (κ3) is 1.79. The summed E-state index contributed by atoms with van der Waals surface area (Å²) in [5, 5.41) is 3.45. The molecule has 0 aromatic carbocycles. The molecule has 4 heteroatoms. The minimum Gasteiger partial charge on any atom is -0.273 e. The SMILES string of the molecule is C#Cc1cccnc1N1C(=O)CC(C)(C)N1C. The number of carbonyl (C=O) groups is 1. The monoisotopic (exact) mass is 229 g/mol. The quantitative estimate of drug-likeness (QED) is 0.683. The summed E-state index contributed by atoms with van der Waals surface area (Å²) in [4.78, 5) is 16.3. The lowest BCUT2D eigenvalue weighted by molar-refractivity contribution is -0.118. The number of hydrazine groups is 1. The predicted octanol–water partition coefficient (Wildman–Crippen LogP) is 1.43. The Morgan fingerprint density at radius 1 is 1.53 bits per heavy atom. The van der Waals surface area contributed by atoms with E-state index >= 15 is 0 Å². The molecule has 1 fully saturated rings. The van der Waals surface area contributed by atoms with Gasteiger partial charge in [-0.3, -0.25) is 4.79 Å². The number of rotatable bonds is 1. The fourth-order valence-corrected chi connectivity index (χ4v) is 1.94. The van der Waals surface area contributed by atoms with Gasteiger partial charge in [0.15, 0.2) is 5.82 Å². The van der Waals surface area contributed by atoms with Crippen LogP contribution in [-0.4, -0.2) is 28.5 Å². The van der Waals surface area contributed by atoms with E-state index in [0.29, 0.717) is 17.8 Å². The summed E-state index contributed by atoms with van der Waals surface area (Å²) in [6, 6.07) is 3.55. The van der Waals surface area contributed by atoms with E-state index in [1.165, 1.54) is 0 Å². The molecule has 88 valence electrons. The van der Waals surface area contributed by atoms with Crippen molar-refractivity contribution in [3.8, 4) is 12.3 Å². The second-order valence-electron chi connectivity index (χ2n) is 4.74. The zero-order valence-corrected chi connectivity index (χ0v) is 10.3. The molecule has 17 heavy (non-hydrogen) atoms. The molecule has 1 aromatic heterocycles. The molecular weight excluding hydrogens is 214 g/mol. The standard InChI is InChI=1S/C13H15N3O/c1-5-10-7-6-8-14-12(10)16-11(17)9-13(2,3)15(16)4/h1,6-8H,9H2,2-4H3. The zero-order chi connectivity index (χ0) is 12.6. The van der Waals surface area contributed by atoms with Crippen molar-refractivity contribution < 1.29 is 4.79 Å². The molecule has 0 N–H and O–H groups in total. The Balaban J connectivity index is 2.48. The molecule has 1 aromatic rings. The van der Waals surface area contributed by atoms with Crippen LogP contribution in [0.3, 0.4) is 0 Å². The molecule has 0 atom stereocenters. The average Bonchev–Trinajstić information content (AvgIpc) is 2.48. The predicted molar refractivity (Wildman–Crippen MR) is 66.1 cm³/mol. The van der Waals surface area contributed by atoms with Crippen LogP contribution in [0.2, 0.25) is 0 Å². The van der Waals surface area contributed by atoms with Crippen molar-refractivity contribution in [1.29, 1.82) is 0 Å². The lowest BCUT2D eigenvalue weighted by Crippen LogP contribution is -2.45. The number of amides is 1. The van der Waals surface area contributed by atoms with E-state index in [0.717, 1.165) is 0 Å². The summed E-state index contributed by atoms with van der Waals surface area (Å²) in [5.41, 5.74) is 0.422. The Hall–Kier alpha value is -1.86. The van der Waals surface area contributed by atoms with Crippen LogP contribution in [0.15, 0.2) is 18.3 Å². The first-order valence-corrected chi connectivity index (χ1v) is 5.46. The zero-order valence-electron chi connectivity index (χ0n) is 10.3. The van der Waals surface area contributed by atoms with Crippen LogP contribution in [0.4, 0.5) is 5.82 Å². The van der Waals surface area contributed by atoms with Crippen LogP contribution in [-0.2, 0) is 4.79 Å². The van der Waals surface area contributed by atoms with Crippen LogP contribution >= 0.6 is 0 Å². The summed E-state index contributed by atoms with van der Waals surface area (Å²) >= 11 is 0. The van der Waals surface area contributed by atoms with Crippen LogP contribution in [0.25, 0.3) is 0 Å². The molecule has 1 aliphatic heterocycles. The van der Waals surface area contributed by atoms with E-state index in [-0.39, 0.29) is 11.4 Å². The Bertz CT molecular complexity index is 502. The maximum Gasteiger partial charge on any atom is 0.244 e. The van der Waals surface area contributed by atoms with E-state index in [4.69, 9.17) is 6.42 Å². The second-order valence-corrected chi connectivity index (χ2v) is 4.74. The number of aromatic nitrogens is 1. The lowest BCUT2D eigenvalue weighted by Gasteiger charge is -2.32. The largest absolute Gasteiger partial charge is 0.273 e. The van der Waals surface area contributed by atoms with E-state index in [2.05, 4.69) is 10.9 Å². The van der Waals surface area contributed by atoms with Gasteiger partial charge in [-0.05, 0) is 26.0 Å². The molecular formula is C13H15N3O. The first-order valence-electron chi connectivity index (χ1n) is 5.46. The van der Waals surface area contributed by atoms with Crippen molar-refractivity contribution in [2.45, 2.75) is 25.8 Å². The lowest BCUT2D eigenvalue weighted by atomic mass is 10.0. The van der Waals surface area contributed by atoms with Crippen LogP contribution in [0.1, 0.15) is 25.8 Å². The van der Waals surface area contributed by atoms with Crippen molar-refractivity contribution in [2.24, 2.45) is 0 Å². The van der Waals surface area contributed by atoms with Gasteiger partial charge in [0.2, 0.25) is 5.91 Å². The van der Waals surface area contributed by atoms with Crippen molar-refractivity contribution >= 4 is 11.7 Å². The van der Waals surface area contributed by atoms with Crippen LogP contribution < -0.4 is 5.01 Å². The molecule has 2 heterocycles. The molecule has 0 aliphatic carbocycles. The van der Waals surface area contributed by atoms with E-state index < -0.39 is 0 Å². The summed E-state index contributed by atoms with van der Waals surface area (Å²) in [6.45, 7) is 4.03. The minimum atomic E-state index is -0.208. The number of anilines is 1. The van der Waals surface area contributed by atoms with Gasteiger partial charge in [0.25, 0.3) is 0 Å². The molecule has 0 radical (unpaired) electrons. The molecule has 1 saturated heterocycles. The Morgan fingerprint density at radius 2 is 2.24 bits per heavy atom. The summed E-state index contributed by atoms with van der Waals surface area (Å²) in [5.74, 6) is 3.11. The minimum absolute atomic E-state index is 0.0210. The number of pyridine rings is 1. The Kier molecular flexibility index (Phi) is 2.64. The number of hydrogen-bond donors (Lipinski definition) is 0. The van der Waals surface area contributed by atoms with Gasteiger partial charge in [-0.1, -0.05) is 5.92 Å². The normalized spacial score (nSPS) is 19.4. The molecule has 2 rings (SSSR count). The van der Waals surface area contributed by atoms with Crippen molar-refractivity contribution in [3.05, 3.63) is 23.9 Å². The average molecular weight is 229 g/mol. The highest BCUT2D eigenvalue weighted by atomic mass is 16.2. The molecule has 0 unspecified atom stereocenters. The fraction of sp³-hybridized carbons (Fsp3) is 0.385. The maximum atomic E-state index is 12.0. The van der Waals surface area contributed by atoms with Gasteiger partial charge in [-0.15, -0.1) is 6.42 Å². The molecule has 0 spiro atoms. The fourth-order valence-electron chi connectivity index (χ4n) is 1.94. The third-order valence-corrected chi connectivity index (χ3v) is 3.14. The molecule has 1 aliphatic rings. The third-order valence-electron chi connectivity index (χ3n) is 3.14. The topological polar surface area (TPSA) is 36.4 Å². The van der Waals surface area contributed by atoms with E-state index in [1.807, 2.05) is 25.9 Å². The number of terminal acetylenes is 1. The first kappa shape index (κ1) is 11.6. The highest BCUT2D eigenvalue weighted by Crippen LogP contribution is 2.32. The van der Waals surface area contributed by atoms with Crippen molar-refractivity contribution in [1.82, 2.24) is 9.99 Å². The first-order chi connectivity index (χ1) is 7.97. The summed E-state index contributed by atoms with van der Waals surface area (Å²) < 4.78 is 0. The van der Waals surface area contributed by atoms with Gasteiger partial charge in [-0.2, -0.15) is 0 Å². The maximum absolute atomic E-state index is 12.0. The van der Waals surface area contributed by atoms with Gasteiger partial charge in [0.1, 0.15) is 0 Å². The van der Waals surface area contributed by atoms with Gasteiger partial charge in [0.05, 0.1) is 5.56 Å². The van der Waals surface area contributed by atoms with Crippen molar-refractivity contribution in [2.75, 3.05) is 12.1 Å². The Morgan fingerprint density at radius 3 is 2.76 bits per heavy atom. The van der Waals surface area contributed by atoms with Gasteiger partial charge < -0.3 is 0 Å². The van der Waals surface area contributed by atoms with Gasteiger partial charge >= 0.3 is 0 Å². The van der Waals surface area contributed by atoms with Gasteiger partial charge in [-0.25, -0.2) is 15.0 Å². The second kappa shape index (κ2) is 3.86.